The predicted molar refractivity (Wildman–Crippen MR) is 122 cm³/mol. The lowest BCUT2D eigenvalue weighted by Gasteiger charge is -2.20. The number of amides is 1. The van der Waals surface area contributed by atoms with Crippen molar-refractivity contribution >= 4 is 33.0 Å². The zero-order valence-electron chi connectivity index (χ0n) is 17.7. The molecule has 1 aliphatic heterocycles. The molecule has 0 radical (unpaired) electrons. The Labute approximate surface area is 186 Å². The minimum absolute atomic E-state index is 0.115. The maximum absolute atomic E-state index is 13.3. The van der Waals surface area contributed by atoms with Gasteiger partial charge in [0.2, 0.25) is 10.0 Å². The number of carbonyl (C=O) groups is 1. The quantitative estimate of drug-likeness (QED) is 0.564. The van der Waals surface area contributed by atoms with E-state index in [0.717, 1.165) is 16.9 Å². The molecule has 31 heavy (non-hydrogen) atoms. The molecular weight excluding hydrogens is 432 g/mol. The lowest BCUT2D eigenvalue weighted by molar-refractivity contribution is 0.0992. The van der Waals surface area contributed by atoms with E-state index in [-0.39, 0.29) is 10.8 Å². The van der Waals surface area contributed by atoms with Gasteiger partial charge in [-0.3, -0.25) is 9.78 Å². The molecule has 3 aromatic rings. The van der Waals surface area contributed by atoms with Crippen LogP contribution in [-0.2, 0) is 16.4 Å². The van der Waals surface area contributed by atoms with Crippen LogP contribution in [0, 0.1) is 6.92 Å². The lowest BCUT2D eigenvalue weighted by atomic mass is 10.2. The Kier molecular flexibility index (Phi) is 5.92. The Bertz CT molecular complexity index is 1220. The number of thiazole rings is 1. The number of hydrogen-bond acceptors (Lipinski definition) is 6. The zero-order chi connectivity index (χ0) is 22.2. The maximum Gasteiger partial charge on any atom is 0.270 e. The fourth-order valence-electron chi connectivity index (χ4n) is 3.78. The zero-order valence-corrected chi connectivity index (χ0v) is 19.3. The summed E-state index contributed by atoms with van der Waals surface area (Å²) in [4.78, 5) is 24.7. The van der Waals surface area contributed by atoms with Gasteiger partial charge in [-0.25, -0.2) is 13.4 Å². The molecule has 0 spiro atoms. The van der Waals surface area contributed by atoms with Gasteiger partial charge in [-0.2, -0.15) is 4.31 Å². The summed E-state index contributed by atoms with van der Waals surface area (Å²) in [7, 11) is -3.53. The van der Waals surface area contributed by atoms with Crippen LogP contribution in [0.25, 0.3) is 10.7 Å². The molecule has 0 aliphatic carbocycles. The first-order chi connectivity index (χ1) is 14.9. The van der Waals surface area contributed by atoms with Gasteiger partial charge >= 0.3 is 0 Å². The smallest absolute Gasteiger partial charge is 0.270 e. The Balaban J connectivity index is 1.63. The first-order valence-corrected chi connectivity index (χ1v) is 12.5. The number of pyridine rings is 1. The molecule has 0 fully saturated rings. The van der Waals surface area contributed by atoms with Gasteiger partial charge in [0.25, 0.3) is 5.91 Å². The summed E-state index contributed by atoms with van der Waals surface area (Å²) >= 11 is 1.33. The standard InChI is InChI=1S/C22H24N4O3S2/c1-4-25(5-2)31(28,29)17-9-10-19-16(14-17)11-13-26(19)22(27)20-15(3)24-21(30-20)18-8-6-7-12-23-18/h6-10,12,14H,4-5,11,13H2,1-3H3. The molecule has 1 aliphatic rings. The highest BCUT2D eigenvalue weighted by molar-refractivity contribution is 7.89. The fraction of sp³-hybridized carbons (Fsp3) is 0.318. The molecule has 0 saturated heterocycles. The number of nitrogens with zero attached hydrogens (tertiary/aromatic N) is 4. The number of anilines is 1. The van der Waals surface area contributed by atoms with Crippen LogP contribution in [0.15, 0.2) is 47.5 Å². The summed E-state index contributed by atoms with van der Waals surface area (Å²) in [5.41, 5.74) is 3.04. The second kappa shape index (κ2) is 8.49. The van der Waals surface area contributed by atoms with Crippen molar-refractivity contribution in [2.24, 2.45) is 0 Å². The molecule has 0 N–H and O–H groups in total. The van der Waals surface area contributed by atoms with Gasteiger partial charge in [-0.1, -0.05) is 19.9 Å². The number of sulfonamides is 1. The van der Waals surface area contributed by atoms with Gasteiger partial charge in [-0.05, 0) is 49.2 Å². The topological polar surface area (TPSA) is 83.5 Å². The summed E-state index contributed by atoms with van der Waals surface area (Å²) in [5, 5.41) is 0.710. The van der Waals surface area contributed by atoms with Gasteiger partial charge in [0.05, 0.1) is 16.3 Å². The molecule has 0 atom stereocenters. The van der Waals surface area contributed by atoms with E-state index in [1.54, 1.807) is 29.3 Å². The molecule has 9 heteroatoms. The largest absolute Gasteiger partial charge is 0.307 e. The van der Waals surface area contributed by atoms with Crippen LogP contribution in [-0.4, -0.2) is 48.2 Å². The first-order valence-electron chi connectivity index (χ1n) is 10.2. The average Bonchev–Trinajstić information content (AvgIpc) is 3.38. The minimum Gasteiger partial charge on any atom is -0.307 e. The third-order valence-electron chi connectivity index (χ3n) is 5.41. The van der Waals surface area contributed by atoms with E-state index in [1.807, 2.05) is 39.0 Å². The number of aromatic nitrogens is 2. The molecule has 4 rings (SSSR count). The normalized spacial score (nSPS) is 13.6. The predicted octanol–water partition coefficient (Wildman–Crippen LogP) is 3.75. The van der Waals surface area contributed by atoms with Crippen molar-refractivity contribution in [2.45, 2.75) is 32.1 Å². The highest BCUT2D eigenvalue weighted by Crippen LogP contribution is 2.34. The van der Waals surface area contributed by atoms with Gasteiger partial charge in [0.1, 0.15) is 9.88 Å². The molecule has 3 heterocycles. The van der Waals surface area contributed by atoms with Crippen LogP contribution in [0.1, 0.15) is 34.8 Å². The third-order valence-corrected chi connectivity index (χ3v) is 8.62. The van der Waals surface area contributed by atoms with Crippen molar-refractivity contribution in [2.75, 3.05) is 24.5 Å². The van der Waals surface area contributed by atoms with Gasteiger partial charge in [0.15, 0.2) is 0 Å². The number of hydrogen-bond donors (Lipinski definition) is 0. The monoisotopic (exact) mass is 456 g/mol. The number of benzene rings is 1. The summed E-state index contributed by atoms with van der Waals surface area (Å²) in [6.45, 7) is 6.83. The van der Waals surface area contributed by atoms with E-state index in [1.165, 1.54) is 15.6 Å². The molecular formula is C22H24N4O3S2. The van der Waals surface area contributed by atoms with Crippen LogP contribution in [0.4, 0.5) is 5.69 Å². The number of carbonyl (C=O) groups excluding carboxylic acids is 1. The Hall–Kier alpha value is -2.62. The molecule has 1 aromatic carbocycles. The molecule has 2 aromatic heterocycles. The second-order valence-electron chi connectivity index (χ2n) is 7.24. The maximum atomic E-state index is 13.3. The molecule has 0 saturated carbocycles. The summed E-state index contributed by atoms with van der Waals surface area (Å²) in [6.07, 6.45) is 2.32. The van der Waals surface area contributed by atoms with Crippen molar-refractivity contribution in [3.05, 3.63) is 58.7 Å². The molecule has 1 amide bonds. The highest BCUT2D eigenvalue weighted by atomic mass is 32.2. The van der Waals surface area contributed by atoms with Crippen LogP contribution >= 0.6 is 11.3 Å². The van der Waals surface area contributed by atoms with Crippen LogP contribution in [0.5, 0.6) is 0 Å². The summed E-state index contributed by atoms with van der Waals surface area (Å²) in [5.74, 6) is -0.115. The van der Waals surface area contributed by atoms with E-state index in [9.17, 15) is 13.2 Å². The molecule has 162 valence electrons. The number of aryl methyl sites for hydroxylation is 1. The van der Waals surface area contributed by atoms with Crippen molar-refractivity contribution in [1.82, 2.24) is 14.3 Å². The number of rotatable bonds is 6. The highest BCUT2D eigenvalue weighted by Gasteiger charge is 2.31. The van der Waals surface area contributed by atoms with Crippen LogP contribution in [0.3, 0.4) is 0 Å². The van der Waals surface area contributed by atoms with E-state index < -0.39 is 10.0 Å². The SMILES string of the molecule is CCN(CC)S(=O)(=O)c1ccc2c(c1)CCN2C(=O)c1sc(-c2ccccn2)nc1C. The summed E-state index contributed by atoms with van der Waals surface area (Å²) < 4.78 is 27.1. The molecule has 7 nitrogen and oxygen atoms in total. The molecule has 0 unspecified atom stereocenters. The van der Waals surface area contributed by atoms with Crippen molar-refractivity contribution in [1.29, 1.82) is 0 Å². The first kappa shape index (κ1) is 21.6. The Morgan fingerprint density at radius 2 is 1.97 bits per heavy atom. The van der Waals surface area contributed by atoms with Crippen molar-refractivity contribution < 1.29 is 13.2 Å². The second-order valence-corrected chi connectivity index (χ2v) is 10.2. The Morgan fingerprint density at radius 3 is 2.65 bits per heavy atom. The van der Waals surface area contributed by atoms with Crippen molar-refractivity contribution in [3.8, 4) is 10.7 Å². The molecule has 0 bridgehead atoms. The lowest BCUT2D eigenvalue weighted by Crippen LogP contribution is -2.30. The fourth-order valence-corrected chi connectivity index (χ4v) is 6.28. The third kappa shape index (κ3) is 3.88. The van der Waals surface area contributed by atoms with Gasteiger partial charge < -0.3 is 4.90 Å². The van der Waals surface area contributed by atoms with Crippen LogP contribution < -0.4 is 4.90 Å². The van der Waals surface area contributed by atoms with E-state index in [2.05, 4.69) is 9.97 Å². The van der Waals surface area contributed by atoms with E-state index in [4.69, 9.17) is 0 Å². The van der Waals surface area contributed by atoms with Crippen molar-refractivity contribution in [3.63, 3.8) is 0 Å². The average molecular weight is 457 g/mol. The van der Waals surface area contributed by atoms with Crippen LogP contribution in [0.2, 0.25) is 0 Å². The van der Waals surface area contributed by atoms with Gasteiger partial charge in [-0.15, -0.1) is 11.3 Å². The van der Waals surface area contributed by atoms with E-state index >= 15 is 0 Å². The summed E-state index contributed by atoms with van der Waals surface area (Å²) in [6, 6.07) is 10.6. The Morgan fingerprint density at radius 1 is 1.19 bits per heavy atom. The number of fused-ring (bicyclic) bond motifs is 1. The minimum atomic E-state index is -3.53. The van der Waals surface area contributed by atoms with Gasteiger partial charge in [0, 0.05) is 31.5 Å². The van der Waals surface area contributed by atoms with E-state index in [0.29, 0.717) is 41.6 Å².